The number of hydrogen-bond acceptors (Lipinski definition) is 3. The summed E-state index contributed by atoms with van der Waals surface area (Å²) in [5, 5.41) is 2.48. The van der Waals surface area contributed by atoms with Crippen molar-refractivity contribution in [1.29, 1.82) is 0 Å². The van der Waals surface area contributed by atoms with Crippen LogP contribution < -0.4 is 16.0 Å². The molecule has 1 aliphatic heterocycles. The molecular weight excluding hydrogens is 218 g/mol. The number of aryl methyl sites for hydroxylation is 1. The van der Waals surface area contributed by atoms with Gasteiger partial charge in [-0.2, -0.15) is 0 Å². The van der Waals surface area contributed by atoms with Crippen LogP contribution in [0.15, 0.2) is 18.2 Å². The first-order valence-electron chi connectivity index (χ1n) is 5.54. The maximum absolute atomic E-state index is 11.8. The standard InChI is InChI=1S/C12H15N3O2/c1-14-12(17)15-10-4-2-8(7-13)6-9(10)3-5-11(15)16/h2,4,6H,3,5,7,13H2,1H3,(H,14,17). The predicted molar refractivity (Wildman–Crippen MR) is 64.6 cm³/mol. The van der Waals surface area contributed by atoms with Crippen LogP contribution in [0.1, 0.15) is 17.5 Å². The summed E-state index contributed by atoms with van der Waals surface area (Å²) < 4.78 is 0. The molecule has 0 atom stereocenters. The molecule has 0 bridgehead atoms. The minimum atomic E-state index is -0.392. The molecule has 0 radical (unpaired) electrons. The average molecular weight is 233 g/mol. The predicted octanol–water partition coefficient (Wildman–Crippen LogP) is 0.764. The normalized spacial score (nSPS) is 14.5. The highest BCUT2D eigenvalue weighted by molar-refractivity contribution is 6.15. The Balaban J connectivity index is 2.45. The van der Waals surface area contributed by atoms with Crippen LogP contribution in [0.4, 0.5) is 10.5 Å². The van der Waals surface area contributed by atoms with E-state index in [9.17, 15) is 9.59 Å². The molecule has 17 heavy (non-hydrogen) atoms. The van der Waals surface area contributed by atoms with E-state index in [1.165, 1.54) is 11.9 Å². The van der Waals surface area contributed by atoms with Crippen molar-refractivity contribution < 1.29 is 9.59 Å². The van der Waals surface area contributed by atoms with Crippen molar-refractivity contribution in [2.75, 3.05) is 11.9 Å². The van der Waals surface area contributed by atoms with Gasteiger partial charge in [0.1, 0.15) is 0 Å². The van der Waals surface area contributed by atoms with E-state index >= 15 is 0 Å². The zero-order valence-electron chi connectivity index (χ0n) is 9.69. The Labute approximate surface area is 99.6 Å². The van der Waals surface area contributed by atoms with Crippen molar-refractivity contribution in [3.63, 3.8) is 0 Å². The summed E-state index contributed by atoms with van der Waals surface area (Å²) in [4.78, 5) is 24.6. The topological polar surface area (TPSA) is 75.4 Å². The van der Waals surface area contributed by atoms with Crippen LogP contribution in [-0.2, 0) is 17.8 Å². The van der Waals surface area contributed by atoms with Crippen LogP contribution in [0.5, 0.6) is 0 Å². The number of carbonyl (C=O) groups excluding carboxylic acids is 2. The van der Waals surface area contributed by atoms with Crippen molar-refractivity contribution in [1.82, 2.24) is 5.32 Å². The lowest BCUT2D eigenvalue weighted by molar-refractivity contribution is -0.118. The lowest BCUT2D eigenvalue weighted by Gasteiger charge is -2.27. The second kappa shape index (κ2) is 4.55. The van der Waals surface area contributed by atoms with E-state index in [1.54, 1.807) is 6.07 Å². The molecule has 0 saturated heterocycles. The fourth-order valence-electron chi connectivity index (χ4n) is 2.01. The molecule has 0 spiro atoms. The number of nitrogens with zero attached hydrogens (tertiary/aromatic N) is 1. The molecule has 0 aromatic heterocycles. The molecule has 1 heterocycles. The molecule has 1 aromatic carbocycles. The van der Waals surface area contributed by atoms with Gasteiger partial charge in [-0.25, -0.2) is 9.69 Å². The Morgan fingerprint density at radius 1 is 1.47 bits per heavy atom. The van der Waals surface area contributed by atoms with Gasteiger partial charge in [-0.15, -0.1) is 0 Å². The van der Waals surface area contributed by atoms with E-state index in [0.717, 1.165) is 11.1 Å². The van der Waals surface area contributed by atoms with E-state index in [4.69, 9.17) is 5.73 Å². The van der Waals surface area contributed by atoms with Crippen LogP contribution >= 0.6 is 0 Å². The number of carbonyl (C=O) groups is 2. The maximum atomic E-state index is 11.8. The fourth-order valence-corrected chi connectivity index (χ4v) is 2.01. The van der Waals surface area contributed by atoms with E-state index in [2.05, 4.69) is 5.32 Å². The third kappa shape index (κ3) is 2.01. The zero-order chi connectivity index (χ0) is 12.4. The molecule has 2 rings (SSSR count). The van der Waals surface area contributed by atoms with Crippen molar-refractivity contribution in [3.8, 4) is 0 Å². The maximum Gasteiger partial charge on any atom is 0.328 e. The summed E-state index contributed by atoms with van der Waals surface area (Å²) in [6.45, 7) is 0.460. The SMILES string of the molecule is CNC(=O)N1C(=O)CCc2cc(CN)ccc21. The lowest BCUT2D eigenvalue weighted by Crippen LogP contribution is -2.45. The van der Waals surface area contributed by atoms with Crippen molar-refractivity contribution in [2.45, 2.75) is 19.4 Å². The van der Waals surface area contributed by atoms with Crippen LogP contribution in [0.3, 0.4) is 0 Å². The van der Waals surface area contributed by atoms with E-state index in [0.29, 0.717) is 25.1 Å². The number of fused-ring (bicyclic) bond motifs is 1. The first-order chi connectivity index (χ1) is 8.17. The highest BCUT2D eigenvalue weighted by Crippen LogP contribution is 2.28. The number of hydrogen-bond donors (Lipinski definition) is 2. The van der Waals surface area contributed by atoms with Gasteiger partial charge in [-0.05, 0) is 23.6 Å². The number of imide groups is 1. The van der Waals surface area contributed by atoms with Crippen molar-refractivity contribution >= 4 is 17.6 Å². The highest BCUT2D eigenvalue weighted by Gasteiger charge is 2.28. The van der Waals surface area contributed by atoms with Crippen LogP contribution in [0, 0.1) is 0 Å². The third-order valence-electron chi connectivity index (χ3n) is 2.90. The largest absolute Gasteiger partial charge is 0.340 e. The molecular formula is C12H15N3O2. The zero-order valence-corrected chi connectivity index (χ0v) is 9.69. The molecule has 1 aliphatic rings. The number of rotatable bonds is 1. The minimum absolute atomic E-state index is 0.169. The molecule has 5 nitrogen and oxygen atoms in total. The first-order valence-corrected chi connectivity index (χ1v) is 5.54. The first kappa shape index (κ1) is 11.6. The number of anilines is 1. The summed E-state index contributed by atoms with van der Waals surface area (Å²) in [6.07, 6.45) is 1.02. The number of urea groups is 1. The van der Waals surface area contributed by atoms with Gasteiger partial charge in [0.25, 0.3) is 0 Å². The van der Waals surface area contributed by atoms with Crippen molar-refractivity contribution in [3.05, 3.63) is 29.3 Å². The Morgan fingerprint density at radius 3 is 2.88 bits per heavy atom. The molecule has 3 N–H and O–H groups in total. The molecule has 0 fully saturated rings. The van der Waals surface area contributed by atoms with Crippen molar-refractivity contribution in [2.24, 2.45) is 5.73 Å². The molecule has 0 unspecified atom stereocenters. The number of benzene rings is 1. The number of nitrogens with one attached hydrogen (secondary N) is 1. The van der Waals surface area contributed by atoms with Gasteiger partial charge in [-0.3, -0.25) is 4.79 Å². The van der Waals surface area contributed by atoms with Gasteiger partial charge in [0.05, 0.1) is 5.69 Å². The van der Waals surface area contributed by atoms with Gasteiger partial charge >= 0.3 is 6.03 Å². The molecule has 0 aliphatic carbocycles. The fraction of sp³-hybridized carbons (Fsp3) is 0.333. The monoisotopic (exact) mass is 233 g/mol. The summed E-state index contributed by atoms with van der Waals surface area (Å²) in [7, 11) is 1.51. The van der Waals surface area contributed by atoms with Crippen LogP contribution in [0.2, 0.25) is 0 Å². The summed E-state index contributed by atoms with van der Waals surface area (Å²) in [5.74, 6) is -0.169. The highest BCUT2D eigenvalue weighted by atomic mass is 16.2. The number of amides is 3. The quantitative estimate of drug-likeness (QED) is 0.752. The molecule has 90 valence electrons. The Morgan fingerprint density at radius 2 is 2.24 bits per heavy atom. The second-order valence-electron chi connectivity index (χ2n) is 3.95. The average Bonchev–Trinajstić information content (AvgIpc) is 2.37. The summed E-state index contributed by atoms with van der Waals surface area (Å²) in [6, 6.07) is 5.19. The van der Waals surface area contributed by atoms with E-state index in [-0.39, 0.29) is 5.91 Å². The third-order valence-corrected chi connectivity index (χ3v) is 2.90. The second-order valence-corrected chi connectivity index (χ2v) is 3.95. The Bertz CT molecular complexity index is 471. The minimum Gasteiger partial charge on any atom is -0.340 e. The molecule has 0 saturated carbocycles. The van der Waals surface area contributed by atoms with Gasteiger partial charge in [-0.1, -0.05) is 12.1 Å². The van der Waals surface area contributed by atoms with Gasteiger partial charge < -0.3 is 11.1 Å². The van der Waals surface area contributed by atoms with E-state index in [1.807, 2.05) is 12.1 Å². The Hall–Kier alpha value is -1.88. The van der Waals surface area contributed by atoms with Crippen LogP contribution in [-0.4, -0.2) is 19.0 Å². The molecule has 1 aromatic rings. The molecule has 5 heteroatoms. The Kier molecular flexibility index (Phi) is 3.10. The van der Waals surface area contributed by atoms with Gasteiger partial charge in [0.2, 0.25) is 5.91 Å². The lowest BCUT2D eigenvalue weighted by atomic mass is 9.99. The summed E-state index contributed by atoms with van der Waals surface area (Å²) in [5.41, 5.74) is 8.24. The summed E-state index contributed by atoms with van der Waals surface area (Å²) >= 11 is 0. The van der Waals surface area contributed by atoms with Crippen LogP contribution in [0.25, 0.3) is 0 Å². The van der Waals surface area contributed by atoms with Gasteiger partial charge in [0, 0.05) is 20.0 Å². The van der Waals surface area contributed by atoms with E-state index < -0.39 is 6.03 Å². The smallest absolute Gasteiger partial charge is 0.328 e. The molecule has 3 amide bonds. The number of nitrogens with two attached hydrogens (primary N) is 1. The van der Waals surface area contributed by atoms with Gasteiger partial charge in [0.15, 0.2) is 0 Å².